The molecule has 0 unspecified atom stereocenters. The van der Waals surface area contributed by atoms with Crippen molar-refractivity contribution in [2.75, 3.05) is 39.3 Å². The quantitative estimate of drug-likeness (QED) is 0.650. The third-order valence-corrected chi connectivity index (χ3v) is 9.37. The molecule has 2 aliphatic rings. The molecule has 4 rings (SSSR count). The van der Waals surface area contributed by atoms with E-state index < -0.39 is 10.0 Å². The fourth-order valence-electron chi connectivity index (χ4n) is 5.21. The SMILES string of the molecule is Cc1ccc(S(=O)(=O)N2CCC(C(=O)N3CCCN(Cc4ccccc4C)CC3)CC2)c(C)c1. The summed E-state index contributed by atoms with van der Waals surface area (Å²) in [6, 6.07) is 13.9. The molecule has 2 fully saturated rings. The molecule has 0 aromatic heterocycles. The number of benzene rings is 2. The van der Waals surface area contributed by atoms with Crippen LogP contribution in [0.2, 0.25) is 0 Å². The molecule has 6 nitrogen and oxygen atoms in total. The summed E-state index contributed by atoms with van der Waals surface area (Å²) in [7, 11) is -3.53. The van der Waals surface area contributed by atoms with Gasteiger partial charge in [0.2, 0.25) is 15.9 Å². The van der Waals surface area contributed by atoms with Crippen LogP contribution in [0, 0.1) is 26.7 Å². The zero-order chi connectivity index (χ0) is 24.3. The molecule has 2 aromatic carbocycles. The van der Waals surface area contributed by atoms with Crippen molar-refractivity contribution in [1.29, 1.82) is 0 Å². The maximum absolute atomic E-state index is 13.3. The Morgan fingerprint density at radius 1 is 0.882 bits per heavy atom. The van der Waals surface area contributed by atoms with Crippen LogP contribution in [0.3, 0.4) is 0 Å². The first-order valence-corrected chi connectivity index (χ1v) is 13.8. The fraction of sp³-hybridized carbons (Fsp3) is 0.519. The highest BCUT2D eigenvalue weighted by Gasteiger charge is 2.34. The number of carbonyl (C=O) groups excluding carboxylic acids is 1. The van der Waals surface area contributed by atoms with E-state index in [1.54, 1.807) is 10.4 Å². The Labute approximate surface area is 204 Å². The van der Waals surface area contributed by atoms with E-state index >= 15 is 0 Å². The number of rotatable bonds is 5. The minimum absolute atomic E-state index is 0.0894. The monoisotopic (exact) mass is 483 g/mol. The summed E-state index contributed by atoms with van der Waals surface area (Å²) in [6.45, 7) is 11.1. The average Bonchev–Trinajstić information content (AvgIpc) is 3.05. The van der Waals surface area contributed by atoms with Crippen LogP contribution >= 0.6 is 0 Å². The predicted molar refractivity (Wildman–Crippen MR) is 135 cm³/mol. The largest absolute Gasteiger partial charge is 0.341 e. The standard InChI is InChI=1S/C27H37N3O3S/c1-21-9-10-26(23(3)19-21)34(32,33)30-15-11-24(12-16-30)27(31)29-14-6-13-28(17-18-29)20-25-8-5-4-7-22(25)2/h4-5,7-10,19,24H,6,11-18,20H2,1-3H3. The lowest BCUT2D eigenvalue weighted by molar-refractivity contribution is -0.136. The molecule has 1 amide bonds. The highest BCUT2D eigenvalue weighted by atomic mass is 32.2. The molecule has 0 radical (unpaired) electrons. The number of amides is 1. The van der Waals surface area contributed by atoms with Crippen molar-refractivity contribution < 1.29 is 13.2 Å². The highest BCUT2D eigenvalue weighted by Crippen LogP contribution is 2.27. The van der Waals surface area contributed by atoms with Crippen LogP contribution in [0.1, 0.15) is 41.5 Å². The topological polar surface area (TPSA) is 60.9 Å². The van der Waals surface area contributed by atoms with Gasteiger partial charge in [0.1, 0.15) is 0 Å². The number of sulfonamides is 1. The zero-order valence-electron chi connectivity index (χ0n) is 20.7. The molecule has 2 saturated heterocycles. The lowest BCUT2D eigenvalue weighted by atomic mass is 9.96. The highest BCUT2D eigenvalue weighted by molar-refractivity contribution is 7.89. The van der Waals surface area contributed by atoms with Gasteiger partial charge in [-0.3, -0.25) is 9.69 Å². The molecule has 0 spiro atoms. The number of hydrogen-bond donors (Lipinski definition) is 0. The van der Waals surface area contributed by atoms with Gasteiger partial charge in [-0.25, -0.2) is 8.42 Å². The lowest BCUT2D eigenvalue weighted by Crippen LogP contribution is -2.45. The van der Waals surface area contributed by atoms with Gasteiger partial charge in [0, 0.05) is 51.7 Å². The molecule has 184 valence electrons. The van der Waals surface area contributed by atoms with Crippen LogP contribution in [0.5, 0.6) is 0 Å². The first-order valence-electron chi connectivity index (χ1n) is 12.4. The van der Waals surface area contributed by atoms with E-state index in [2.05, 4.69) is 36.1 Å². The van der Waals surface area contributed by atoms with Crippen molar-refractivity contribution in [3.63, 3.8) is 0 Å². The van der Waals surface area contributed by atoms with E-state index in [9.17, 15) is 13.2 Å². The van der Waals surface area contributed by atoms with E-state index in [4.69, 9.17) is 0 Å². The van der Waals surface area contributed by atoms with Crippen molar-refractivity contribution in [1.82, 2.24) is 14.1 Å². The van der Waals surface area contributed by atoms with Crippen molar-refractivity contribution in [2.24, 2.45) is 5.92 Å². The summed E-state index contributed by atoms with van der Waals surface area (Å²) in [6.07, 6.45) is 2.15. The molecule has 2 aromatic rings. The van der Waals surface area contributed by atoms with Gasteiger partial charge in [0.25, 0.3) is 0 Å². The molecule has 2 aliphatic heterocycles. The van der Waals surface area contributed by atoms with Gasteiger partial charge in [-0.05, 0) is 62.8 Å². The van der Waals surface area contributed by atoms with Gasteiger partial charge in [0.05, 0.1) is 4.90 Å². The number of piperidine rings is 1. The first-order chi connectivity index (χ1) is 16.3. The van der Waals surface area contributed by atoms with Crippen LogP contribution in [0.4, 0.5) is 0 Å². The smallest absolute Gasteiger partial charge is 0.243 e. The average molecular weight is 484 g/mol. The Morgan fingerprint density at radius 3 is 2.32 bits per heavy atom. The summed E-state index contributed by atoms with van der Waals surface area (Å²) in [4.78, 5) is 18.1. The lowest BCUT2D eigenvalue weighted by Gasteiger charge is -2.33. The fourth-order valence-corrected chi connectivity index (χ4v) is 6.88. The maximum atomic E-state index is 13.3. The first kappa shape index (κ1) is 24.9. The minimum atomic E-state index is -3.53. The Balaban J connectivity index is 1.32. The summed E-state index contributed by atoms with van der Waals surface area (Å²) < 4.78 is 27.9. The number of nitrogens with zero attached hydrogens (tertiary/aromatic N) is 3. The van der Waals surface area contributed by atoms with E-state index in [1.807, 2.05) is 30.9 Å². The van der Waals surface area contributed by atoms with Gasteiger partial charge < -0.3 is 4.90 Å². The summed E-state index contributed by atoms with van der Waals surface area (Å²) >= 11 is 0. The zero-order valence-corrected chi connectivity index (χ0v) is 21.5. The van der Waals surface area contributed by atoms with Crippen LogP contribution in [0.25, 0.3) is 0 Å². The van der Waals surface area contributed by atoms with Gasteiger partial charge in [-0.15, -0.1) is 0 Å². The Morgan fingerprint density at radius 2 is 1.62 bits per heavy atom. The summed E-state index contributed by atoms with van der Waals surface area (Å²) in [5.41, 5.74) is 4.48. The second-order valence-corrected chi connectivity index (χ2v) is 11.7. The van der Waals surface area contributed by atoms with Crippen molar-refractivity contribution in [2.45, 2.75) is 51.5 Å². The third kappa shape index (κ3) is 5.53. The predicted octanol–water partition coefficient (Wildman–Crippen LogP) is 3.75. The van der Waals surface area contributed by atoms with E-state index in [0.29, 0.717) is 30.8 Å². The number of hydrogen-bond acceptors (Lipinski definition) is 4. The molecule has 0 aliphatic carbocycles. The van der Waals surface area contributed by atoms with Crippen LogP contribution in [0.15, 0.2) is 47.4 Å². The van der Waals surface area contributed by atoms with E-state index in [-0.39, 0.29) is 11.8 Å². The molecule has 34 heavy (non-hydrogen) atoms. The molecule has 0 N–H and O–H groups in total. The Kier molecular flexibility index (Phi) is 7.75. The molecule has 0 atom stereocenters. The van der Waals surface area contributed by atoms with Gasteiger partial charge >= 0.3 is 0 Å². The van der Waals surface area contributed by atoms with Crippen LogP contribution in [-0.4, -0.2) is 67.7 Å². The van der Waals surface area contributed by atoms with Gasteiger partial charge in [0.15, 0.2) is 0 Å². The van der Waals surface area contributed by atoms with E-state index in [0.717, 1.165) is 50.3 Å². The second-order valence-electron chi connectivity index (χ2n) is 9.83. The molecule has 2 heterocycles. The molecule has 0 bridgehead atoms. The summed E-state index contributed by atoms with van der Waals surface area (Å²) in [5.74, 6) is 0.106. The normalized spacial score (nSPS) is 19.2. The molecular weight excluding hydrogens is 446 g/mol. The summed E-state index contributed by atoms with van der Waals surface area (Å²) in [5, 5.41) is 0. The number of aryl methyl sites for hydroxylation is 3. The Bertz CT molecular complexity index is 1120. The van der Waals surface area contributed by atoms with Crippen LogP contribution in [-0.2, 0) is 21.4 Å². The van der Waals surface area contributed by atoms with Crippen LogP contribution < -0.4 is 0 Å². The van der Waals surface area contributed by atoms with Crippen molar-refractivity contribution >= 4 is 15.9 Å². The van der Waals surface area contributed by atoms with Crippen molar-refractivity contribution in [3.05, 3.63) is 64.7 Å². The minimum Gasteiger partial charge on any atom is -0.341 e. The van der Waals surface area contributed by atoms with Crippen molar-refractivity contribution in [3.8, 4) is 0 Å². The van der Waals surface area contributed by atoms with Gasteiger partial charge in [-0.1, -0.05) is 42.0 Å². The Hall–Kier alpha value is -2.22. The number of carbonyl (C=O) groups is 1. The molecular formula is C27H37N3O3S. The third-order valence-electron chi connectivity index (χ3n) is 7.31. The second kappa shape index (κ2) is 10.6. The molecule has 7 heteroatoms. The van der Waals surface area contributed by atoms with Gasteiger partial charge in [-0.2, -0.15) is 4.31 Å². The molecule has 0 saturated carbocycles. The van der Waals surface area contributed by atoms with E-state index in [1.165, 1.54) is 11.1 Å². The maximum Gasteiger partial charge on any atom is 0.243 e.